The van der Waals surface area contributed by atoms with Gasteiger partial charge in [0.05, 0.1) is 24.4 Å². The number of rotatable bonds is 4. The van der Waals surface area contributed by atoms with Gasteiger partial charge in [0.1, 0.15) is 5.71 Å². The third kappa shape index (κ3) is 2.99. The van der Waals surface area contributed by atoms with Gasteiger partial charge in [-0.2, -0.15) is 5.10 Å². The quantitative estimate of drug-likeness (QED) is 0.554. The smallest absolute Gasteiger partial charge is 0.267 e. The van der Waals surface area contributed by atoms with Crippen LogP contribution in [0.1, 0.15) is 19.3 Å². The summed E-state index contributed by atoms with van der Waals surface area (Å²) in [6, 6.07) is -0.791. The summed E-state index contributed by atoms with van der Waals surface area (Å²) in [5.41, 5.74) is 2.52. The van der Waals surface area contributed by atoms with Crippen LogP contribution in [-0.2, 0) is 24.3 Å². The van der Waals surface area contributed by atoms with Gasteiger partial charge in [-0.25, -0.2) is 18.6 Å². The predicted molar refractivity (Wildman–Crippen MR) is 76.4 cm³/mol. The van der Waals surface area contributed by atoms with E-state index >= 15 is 0 Å². The molecule has 0 radical (unpaired) electrons. The Bertz CT molecular complexity index is 631. The van der Waals surface area contributed by atoms with Crippen LogP contribution in [0.5, 0.6) is 0 Å². The lowest BCUT2D eigenvalue weighted by Crippen LogP contribution is -2.71. The first-order chi connectivity index (χ1) is 10.3. The van der Waals surface area contributed by atoms with Crippen LogP contribution in [0.2, 0.25) is 0 Å². The van der Waals surface area contributed by atoms with Crippen molar-refractivity contribution in [2.45, 2.75) is 37.5 Å². The van der Waals surface area contributed by atoms with Crippen molar-refractivity contribution >= 4 is 27.5 Å². The van der Waals surface area contributed by atoms with E-state index in [1.54, 1.807) is 0 Å². The number of hydrogen-bond acceptors (Lipinski definition) is 6. The molecule has 2 fully saturated rings. The molecule has 0 spiro atoms. The molecule has 3 aliphatic rings. The number of ether oxygens (including phenoxy) is 1. The first-order valence-electron chi connectivity index (χ1n) is 7.10. The molecule has 0 unspecified atom stereocenters. The van der Waals surface area contributed by atoms with Gasteiger partial charge in [0.25, 0.3) is 5.91 Å². The maximum Gasteiger partial charge on any atom is 0.267 e. The van der Waals surface area contributed by atoms with Crippen LogP contribution in [-0.4, -0.2) is 57.0 Å². The molecule has 1 saturated heterocycles. The number of nitrogens with zero attached hydrogens (tertiary/aromatic N) is 1. The number of hydrogen-bond donors (Lipinski definition) is 3. The van der Waals surface area contributed by atoms with Crippen LogP contribution in [0.4, 0.5) is 0 Å². The monoisotopic (exact) mass is 330 g/mol. The largest absolute Gasteiger partial charge is 0.376 e. The summed E-state index contributed by atoms with van der Waals surface area (Å²) in [6.45, 7) is 0.556. The summed E-state index contributed by atoms with van der Waals surface area (Å²) in [6.07, 6.45) is 2.15. The van der Waals surface area contributed by atoms with Crippen molar-refractivity contribution in [1.29, 1.82) is 0 Å². The minimum atomic E-state index is -3.39. The normalized spacial score (nSPS) is 34.2. The summed E-state index contributed by atoms with van der Waals surface area (Å²) >= 11 is 0. The molecular formula is C12H18N4O5S. The summed E-state index contributed by atoms with van der Waals surface area (Å²) in [4.78, 5) is 23.2. The van der Waals surface area contributed by atoms with Crippen molar-refractivity contribution < 1.29 is 22.7 Å². The molecule has 3 rings (SSSR count). The molecule has 0 aromatic heterocycles. The maximum absolute atomic E-state index is 12.2. The molecular weight excluding hydrogens is 312 g/mol. The Labute approximate surface area is 127 Å². The molecule has 4 atom stereocenters. The van der Waals surface area contributed by atoms with Crippen LogP contribution in [0.15, 0.2) is 5.10 Å². The Morgan fingerprint density at radius 1 is 1.36 bits per heavy atom. The minimum absolute atomic E-state index is 0.0991. The molecule has 10 heteroatoms. The van der Waals surface area contributed by atoms with Gasteiger partial charge < -0.3 is 10.1 Å². The van der Waals surface area contributed by atoms with Crippen molar-refractivity contribution in [3.8, 4) is 0 Å². The molecule has 0 aromatic carbocycles. The molecule has 122 valence electrons. The third-order valence-electron chi connectivity index (χ3n) is 4.20. The molecule has 2 amide bonds. The molecule has 1 aliphatic carbocycles. The van der Waals surface area contributed by atoms with E-state index in [1.165, 1.54) is 0 Å². The summed E-state index contributed by atoms with van der Waals surface area (Å²) in [5.74, 6) is -0.501. The van der Waals surface area contributed by atoms with Crippen molar-refractivity contribution in [3.63, 3.8) is 0 Å². The highest BCUT2D eigenvalue weighted by Crippen LogP contribution is 2.39. The van der Waals surface area contributed by atoms with Gasteiger partial charge in [0.2, 0.25) is 15.9 Å². The van der Waals surface area contributed by atoms with Crippen LogP contribution in [0.25, 0.3) is 0 Å². The van der Waals surface area contributed by atoms with Gasteiger partial charge in [0, 0.05) is 25.4 Å². The zero-order chi connectivity index (χ0) is 15.9. The Hall–Kier alpha value is -1.52. The highest BCUT2D eigenvalue weighted by molar-refractivity contribution is 7.88. The van der Waals surface area contributed by atoms with E-state index in [9.17, 15) is 18.0 Å². The van der Waals surface area contributed by atoms with E-state index in [0.29, 0.717) is 6.61 Å². The Morgan fingerprint density at radius 3 is 2.77 bits per heavy atom. The number of carbonyl (C=O) groups is 2. The minimum Gasteiger partial charge on any atom is -0.376 e. The highest BCUT2D eigenvalue weighted by Gasteiger charge is 2.55. The molecule has 0 aromatic rings. The molecule has 0 bridgehead atoms. The van der Waals surface area contributed by atoms with Gasteiger partial charge in [-0.05, 0) is 6.42 Å². The maximum atomic E-state index is 12.2. The lowest BCUT2D eigenvalue weighted by molar-refractivity contribution is -0.121. The van der Waals surface area contributed by atoms with Gasteiger partial charge in [-0.3, -0.25) is 9.59 Å². The fourth-order valence-corrected chi connectivity index (χ4v) is 3.94. The molecule has 22 heavy (non-hydrogen) atoms. The van der Waals surface area contributed by atoms with E-state index < -0.39 is 16.1 Å². The second kappa shape index (κ2) is 5.60. The fourth-order valence-electron chi connectivity index (χ4n) is 3.16. The second-order valence-electron chi connectivity index (χ2n) is 5.80. The predicted octanol–water partition coefficient (Wildman–Crippen LogP) is -1.93. The Morgan fingerprint density at radius 2 is 2.14 bits per heavy atom. The van der Waals surface area contributed by atoms with Gasteiger partial charge in [-0.15, -0.1) is 0 Å². The number of sulfonamides is 1. The number of amides is 2. The van der Waals surface area contributed by atoms with E-state index in [4.69, 9.17) is 4.74 Å². The van der Waals surface area contributed by atoms with Crippen molar-refractivity contribution in [3.05, 3.63) is 0 Å². The van der Waals surface area contributed by atoms with Gasteiger partial charge >= 0.3 is 0 Å². The van der Waals surface area contributed by atoms with Crippen molar-refractivity contribution in [1.82, 2.24) is 15.5 Å². The summed E-state index contributed by atoms with van der Waals surface area (Å²) < 4.78 is 30.9. The number of carbonyl (C=O) groups excluding carboxylic acids is 2. The van der Waals surface area contributed by atoms with Crippen molar-refractivity contribution in [2.24, 2.45) is 11.0 Å². The molecule has 1 saturated carbocycles. The van der Waals surface area contributed by atoms with Crippen LogP contribution in [0, 0.1) is 5.92 Å². The number of nitrogens with one attached hydrogen (secondary N) is 3. The van der Waals surface area contributed by atoms with Crippen LogP contribution < -0.4 is 15.5 Å². The van der Waals surface area contributed by atoms with Crippen molar-refractivity contribution in [2.75, 3.05) is 12.9 Å². The average Bonchev–Trinajstić information content (AvgIpc) is 2.87. The topological polar surface area (TPSA) is 126 Å². The summed E-state index contributed by atoms with van der Waals surface area (Å²) in [5, 5.41) is 6.56. The van der Waals surface area contributed by atoms with E-state index in [0.717, 1.165) is 12.7 Å². The molecule has 2 heterocycles. The highest BCUT2D eigenvalue weighted by atomic mass is 32.2. The average molecular weight is 330 g/mol. The van der Waals surface area contributed by atoms with E-state index in [2.05, 4.69) is 20.6 Å². The van der Waals surface area contributed by atoms with E-state index in [1.807, 2.05) is 0 Å². The standard InChI is InChI=1S/C12H18N4O5S/c1-22(19,20)16-10-9(6-4-5-21-11(6)10)13-12(18)7-2-3-8(17)15-14-7/h6,9-11,16H,2-5H2,1H3,(H,13,18)(H,15,17)/t6-,9+,10-,11-/m0/s1. The Kier molecular flexibility index (Phi) is 3.91. The Balaban J connectivity index is 1.67. The zero-order valence-electron chi connectivity index (χ0n) is 12.0. The zero-order valence-corrected chi connectivity index (χ0v) is 12.9. The van der Waals surface area contributed by atoms with E-state index in [-0.39, 0.29) is 48.4 Å². The molecule has 3 N–H and O–H groups in total. The first-order valence-corrected chi connectivity index (χ1v) is 8.99. The van der Waals surface area contributed by atoms with Gasteiger partial charge in [-0.1, -0.05) is 0 Å². The first kappa shape index (κ1) is 15.4. The number of fused-ring (bicyclic) bond motifs is 1. The SMILES string of the molecule is CS(=O)(=O)N[C@H]1[C@H](NC(=O)C2=NNC(=O)CC2)[C@@H]2CCO[C@@H]21. The fraction of sp³-hybridized carbons (Fsp3) is 0.750. The van der Waals surface area contributed by atoms with Crippen LogP contribution >= 0.6 is 0 Å². The molecule has 9 nitrogen and oxygen atoms in total. The second-order valence-corrected chi connectivity index (χ2v) is 7.58. The lowest BCUT2D eigenvalue weighted by atomic mass is 9.72. The summed E-state index contributed by atoms with van der Waals surface area (Å²) in [7, 11) is -3.39. The number of hydrazone groups is 1. The van der Waals surface area contributed by atoms with Gasteiger partial charge in [0.15, 0.2) is 0 Å². The van der Waals surface area contributed by atoms with Crippen LogP contribution in [0.3, 0.4) is 0 Å². The molecule has 2 aliphatic heterocycles. The third-order valence-corrected chi connectivity index (χ3v) is 4.90. The lowest BCUT2D eigenvalue weighted by Gasteiger charge is -2.47.